The number of rotatable bonds is 2. The molecule has 4 rings (SSSR count). The Hall–Kier alpha value is -1.63. The molecule has 4 saturated heterocycles. The van der Waals surface area contributed by atoms with Crippen LogP contribution in [0.15, 0.2) is 0 Å². The highest BCUT2D eigenvalue weighted by Crippen LogP contribution is 2.56. The monoisotopic (exact) mass is 294 g/mol. The van der Waals surface area contributed by atoms with E-state index < -0.39 is 23.8 Å². The van der Waals surface area contributed by atoms with Crippen molar-refractivity contribution in [2.24, 2.45) is 11.8 Å². The summed E-state index contributed by atoms with van der Waals surface area (Å²) in [6, 6.07) is 0. The Morgan fingerprint density at radius 2 is 2.19 bits per heavy atom. The van der Waals surface area contributed by atoms with Crippen LogP contribution in [0, 0.1) is 11.8 Å². The molecule has 4 atom stereocenters. The number of hydrogen-bond donors (Lipinski definition) is 0. The van der Waals surface area contributed by atoms with Crippen LogP contribution in [0.3, 0.4) is 0 Å². The van der Waals surface area contributed by atoms with Gasteiger partial charge in [-0.15, -0.1) is 0 Å². The van der Waals surface area contributed by atoms with E-state index in [4.69, 9.17) is 9.47 Å². The molecule has 0 radical (unpaired) electrons. The van der Waals surface area contributed by atoms with E-state index in [2.05, 4.69) is 0 Å². The first-order valence-electron chi connectivity index (χ1n) is 7.57. The van der Waals surface area contributed by atoms with Crippen molar-refractivity contribution in [3.05, 3.63) is 0 Å². The van der Waals surface area contributed by atoms with Gasteiger partial charge in [0.15, 0.2) is 5.72 Å². The third-order valence-corrected chi connectivity index (χ3v) is 5.28. The van der Waals surface area contributed by atoms with Crippen molar-refractivity contribution in [1.29, 1.82) is 0 Å². The Labute approximate surface area is 122 Å². The average Bonchev–Trinajstić information content (AvgIpc) is 3.18. The number of hydrogen-bond acceptors (Lipinski definition) is 5. The molecular formula is C14H18N2O5. The summed E-state index contributed by atoms with van der Waals surface area (Å²) in [5, 5.41) is 0. The Balaban J connectivity index is 1.71. The third kappa shape index (κ3) is 1.44. The minimum atomic E-state index is -0.817. The smallest absolute Gasteiger partial charge is 0.416 e. The number of cyclic esters (lactones) is 1. The lowest BCUT2D eigenvalue weighted by molar-refractivity contribution is -0.151. The zero-order valence-corrected chi connectivity index (χ0v) is 11.9. The van der Waals surface area contributed by atoms with E-state index in [-0.39, 0.29) is 24.3 Å². The van der Waals surface area contributed by atoms with Gasteiger partial charge in [0, 0.05) is 12.5 Å². The van der Waals surface area contributed by atoms with Gasteiger partial charge < -0.3 is 14.4 Å². The van der Waals surface area contributed by atoms with Crippen molar-refractivity contribution in [1.82, 2.24) is 9.80 Å². The van der Waals surface area contributed by atoms with Crippen molar-refractivity contribution in [2.75, 3.05) is 19.7 Å². The third-order valence-electron chi connectivity index (χ3n) is 5.28. The maximum atomic E-state index is 12.9. The van der Waals surface area contributed by atoms with Gasteiger partial charge in [0.05, 0.1) is 12.5 Å². The molecule has 4 aliphatic rings. The van der Waals surface area contributed by atoms with Crippen LogP contribution in [0.2, 0.25) is 0 Å². The molecule has 0 N–H and O–H groups in total. The van der Waals surface area contributed by atoms with Crippen molar-refractivity contribution < 1.29 is 23.9 Å². The molecule has 0 saturated carbocycles. The Morgan fingerprint density at radius 3 is 2.86 bits per heavy atom. The largest absolute Gasteiger partial charge is 0.447 e. The standard InChI is InChI=1S/C14H18N2O5/c1-2-8-9(11(17)15-6-7-20-13(15)19)14-4-3-5-16(14)12(18)10(8)21-14/h8-10H,2-7H2,1H3/t8-,9-,10-,14+/m1/s1. The van der Waals surface area contributed by atoms with Crippen LogP contribution in [0.4, 0.5) is 4.79 Å². The summed E-state index contributed by atoms with van der Waals surface area (Å²) < 4.78 is 10.9. The number of imide groups is 1. The number of amides is 3. The lowest BCUT2D eigenvalue weighted by atomic mass is 9.77. The highest BCUT2D eigenvalue weighted by atomic mass is 16.6. The van der Waals surface area contributed by atoms with Crippen molar-refractivity contribution in [2.45, 2.75) is 38.0 Å². The van der Waals surface area contributed by atoms with Gasteiger partial charge in [-0.3, -0.25) is 9.59 Å². The summed E-state index contributed by atoms with van der Waals surface area (Å²) in [6.45, 7) is 3.13. The van der Waals surface area contributed by atoms with Crippen LogP contribution in [-0.2, 0) is 19.1 Å². The zero-order chi connectivity index (χ0) is 14.8. The molecule has 21 heavy (non-hydrogen) atoms. The number of fused-ring (bicyclic) bond motifs is 1. The van der Waals surface area contributed by atoms with Crippen LogP contribution in [0.25, 0.3) is 0 Å². The second kappa shape index (κ2) is 4.19. The van der Waals surface area contributed by atoms with Crippen molar-refractivity contribution in [3.8, 4) is 0 Å². The van der Waals surface area contributed by atoms with Crippen molar-refractivity contribution >= 4 is 17.9 Å². The van der Waals surface area contributed by atoms with E-state index in [0.29, 0.717) is 25.9 Å². The van der Waals surface area contributed by atoms with E-state index in [1.807, 2.05) is 6.92 Å². The van der Waals surface area contributed by atoms with Gasteiger partial charge in [-0.2, -0.15) is 0 Å². The molecule has 0 unspecified atom stereocenters. The molecule has 3 amide bonds. The molecular weight excluding hydrogens is 276 g/mol. The molecule has 7 nitrogen and oxygen atoms in total. The number of carbonyl (C=O) groups is 3. The molecule has 0 aromatic heterocycles. The first-order chi connectivity index (χ1) is 10.1. The van der Waals surface area contributed by atoms with E-state index in [1.165, 1.54) is 4.90 Å². The second-order valence-corrected chi connectivity index (χ2v) is 6.13. The highest BCUT2D eigenvalue weighted by Gasteiger charge is 2.71. The predicted molar refractivity (Wildman–Crippen MR) is 68.9 cm³/mol. The Morgan fingerprint density at radius 1 is 1.38 bits per heavy atom. The predicted octanol–water partition coefficient (Wildman–Crippen LogP) is 0.339. The fourth-order valence-electron chi connectivity index (χ4n) is 4.42. The van der Waals surface area contributed by atoms with Crippen LogP contribution < -0.4 is 0 Å². The average molecular weight is 294 g/mol. The minimum absolute atomic E-state index is 0.00685. The number of ether oxygens (including phenoxy) is 2. The van der Waals surface area contributed by atoms with Crippen molar-refractivity contribution in [3.63, 3.8) is 0 Å². The van der Waals surface area contributed by atoms with Gasteiger partial charge in [0.1, 0.15) is 12.7 Å². The molecule has 2 bridgehead atoms. The molecule has 7 heteroatoms. The van der Waals surface area contributed by atoms with Crippen LogP contribution in [-0.4, -0.2) is 59.2 Å². The van der Waals surface area contributed by atoms with Crippen LogP contribution in [0.1, 0.15) is 26.2 Å². The number of piperidine rings is 1. The van der Waals surface area contributed by atoms with E-state index >= 15 is 0 Å². The summed E-state index contributed by atoms with van der Waals surface area (Å²) in [4.78, 5) is 39.8. The quantitative estimate of drug-likeness (QED) is 0.734. The fraction of sp³-hybridized carbons (Fsp3) is 0.786. The lowest BCUT2D eigenvalue weighted by Crippen LogP contribution is -2.58. The summed E-state index contributed by atoms with van der Waals surface area (Å²) >= 11 is 0. The molecule has 114 valence electrons. The fourth-order valence-corrected chi connectivity index (χ4v) is 4.42. The van der Waals surface area contributed by atoms with Crippen LogP contribution in [0.5, 0.6) is 0 Å². The summed E-state index contributed by atoms with van der Waals surface area (Å²) in [6.07, 6.45) is 1.09. The normalized spacial score (nSPS) is 40.9. The second-order valence-electron chi connectivity index (χ2n) is 6.13. The van der Waals surface area contributed by atoms with E-state index in [1.54, 1.807) is 4.90 Å². The molecule has 0 aliphatic carbocycles. The summed E-state index contributed by atoms with van der Waals surface area (Å²) in [5.74, 6) is -0.829. The topological polar surface area (TPSA) is 76.2 Å². The molecule has 0 aromatic carbocycles. The maximum Gasteiger partial charge on any atom is 0.416 e. The van der Waals surface area contributed by atoms with E-state index in [9.17, 15) is 14.4 Å². The Bertz CT molecular complexity index is 535. The number of nitrogens with zero attached hydrogens (tertiary/aromatic N) is 2. The van der Waals surface area contributed by atoms with E-state index in [0.717, 1.165) is 6.42 Å². The highest BCUT2D eigenvalue weighted by molar-refractivity contribution is 5.98. The molecule has 4 aliphatic heterocycles. The maximum absolute atomic E-state index is 12.9. The van der Waals surface area contributed by atoms with Gasteiger partial charge >= 0.3 is 6.09 Å². The van der Waals surface area contributed by atoms with Gasteiger partial charge in [-0.25, -0.2) is 9.69 Å². The molecule has 4 heterocycles. The van der Waals surface area contributed by atoms with Gasteiger partial charge in [-0.1, -0.05) is 6.92 Å². The van der Waals surface area contributed by atoms with Crippen LogP contribution >= 0.6 is 0 Å². The molecule has 0 aromatic rings. The zero-order valence-electron chi connectivity index (χ0n) is 11.9. The number of carbonyl (C=O) groups excluding carboxylic acids is 3. The summed E-state index contributed by atoms with van der Waals surface area (Å²) in [5.41, 5.74) is -0.817. The lowest BCUT2D eigenvalue weighted by Gasteiger charge is -2.39. The SMILES string of the molecule is CC[C@H]1[C@H]2O[C@@]3(CCCN3C2=O)[C@H]1C(=O)N1CCOC1=O. The first kappa shape index (κ1) is 13.1. The Kier molecular flexibility index (Phi) is 2.61. The first-order valence-corrected chi connectivity index (χ1v) is 7.57. The van der Waals surface area contributed by atoms with Gasteiger partial charge in [0.2, 0.25) is 5.91 Å². The summed E-state index contributed by atoms with van der Waals surface area (Å²) in [7, 11) is 0. The van der Waals surface area contributed by atoms with Gasteiger partial charge in [-0.05, 0) is 19.3 Å². The minimum Gasteiger partial charge on any atom is -0.447 e. The molecule has 1 spiro atoms. The molecule has 4 fully saturated rings. The van der Waals surface area contributed by atoms with Gasteiger partial charge in [0.25, 0.3) is 5.91 Å².